The van der Waals surface area contributed by atoms with Gasteiger partial charge in [-0.1, -0.05) is 6.92 Å². The van der Waals surface area contributed by atoms with E-state index >= 15 is 0 Å². The van der Waals surface area contributed by atoms with Crippen molar-refractivity contribution in [2.45, 2.75) is 13.5 Å². The Morgan fingerprint density at radius 2 is 2.24 bits per heavy atom. The number of benzene rings is 1. The lowest BCUT2D eigenvalue weighted by atomic mass is 10.2. The molecule has 0 amide bonds. The molecule has 0 fully saturated rings. The molecule has 0 heterocycles. The Labute approximate surface area is 99.7 Å². The zero-order chi connectivity index (χ0) is 12.7. The molecular weight excluding hydrogens is 225 g/mol. The molecule has 0 saturated heterocycles. The van der Waals surface area contributed by atoms with Gasteiger partial charge in [-0.2, -0.15) is 0 Å². The van der Waals surface area contributed by atoms with Crippen LogP contribution in [0.3, 0.4) is 0 Å². The van der Waals surface area contributed by atoms with Crippen molar-refractivity contribution < 1.29 is 18.7 Å². The van der Waals surface area contributed by atoms with E-state index in [9.17, 15) is 9.18 Å². The second-order valence-electron chi connectivity index (χ2n) is 3.40. The maximum absolute atomic E-state index is 13.1. The highest BCUT2D eigenvalue weighted by Gasteiger charge is 2.07. The van der Waals surface area contributed by atoms with Crippen LogP contribution in [0, 0.1) is 5.82 Å². The van der Waals surface area contributed by atoms with Crippen LogP contribution >= 0.6 is 0 Å². The Morgan fingerprint density at radius 1 is 1.47 bits per heavy atom. The summed E-state index contributed by atoms with van der Waals surface area (Å²) < 4.78 is 22.8. The summed E-state index contributed by atoms with van der Waals surface area (Å²) in [5, 5.41) is 3.07. The third kappa shape index (κ3) is 4.40. The van der Waals surface area contributed by atoms with Crippen LogP contribution in [0.25, 0.3) is 0 Å². The highest BCUT2D eigenvalue weighted by Crippen LogP contribution is 2.19. The molecule has 0 saturated carbocycles. The van der Waals surface area contributed by atoms with Crippen LogP contribution in [0.2, 0.25) is 0 Å². The van der Waals surface area contributed by atoms with Crippen molar-refractivity contribution in [1.29, 1.82) is 0 Å². The molecule has 0 aliphatic rings. The third-order valence-corrected chi connectivity index (χ3v) is 2.16. The van der Waals surface area contributed by atoms with E-state index in [1.165, 1.54) is 25.3 Å². The summed E-state index contributed by atoms with van der Waals surface area (Å²) in [7, 11) is 1.29. The zero-order valence-corrected chi connectivity index (χ0v) is 9.96. The lowest BCUT2D eigenvalue weighted by Crippen LogP contribution is -2.16. The van der Waals surface area contributed by atoms with Gasteiger partial charge < -0.3 is 14.8 Å². The number of esters is 1. The minimum absolute atomic E-state index is 0.179. The first-order chi connectivity index (χ1) is 8.17. The van der Waals surface area contributed by atoms with Crippen LogP contribution < -0.4 is 10.1 Å². The number of halogens is 1. The van der Waals surface area contributed by atoms with Crippen molar-refractivity contribution in [1.82, 2.24) is 5.32 Å². The highest BCUT2D eigenvalue weighted by molar-refractivity contribution is 5.70. The molecule has 1 N–H and O–H groups in total. The molecule has 0 aromatic heterocycles. The van der Waals surface area contributed by atoms with Crippen molar-refractivity contribution in [2.24, 2.45) is 0 Å². The van der Waals surface area contributed by atoms with E-state index in [2.05, 4.69) is 10.1 Å². The summed E-state index contributed by atoms with van der Waals surface area (Å²) in [6, 6.07) is 4.18. The molecule has 0 spiro atoms. The Morgan fingerprint density at radius 3 is 2.88 bits per heavy atom. The molecule has 17 heavy (non-hydrogen) atoms. The maximum Gasteiger partial charge on any atom is 0.343 e. The topological polar surface area (TPSA) is 47.6 Å². The fourth-order valence-electron chi connectivity index (χ4n) is 1.28. The second-order valence-corrected chi connectivity index (χ2v) is 3.40. The number of hydrogen-bond acceptors (Lipinski definition) is 4. The summed E-state index contributed by atoms with van der Waals surface area (Å²) in [6.07, 6.45) is 0. The minimum Gasteiger partial charge on any atom is -0.482 e. The van der Waals surface area contributed by atoms with E-state index < -0.39 is 5.97 Å². The Bertz CT molecular complexity index is 382. The number of rotatable bonds is 6. The van der Waals surface area contributed by atoms with Crippen molar-refractivity contribution >= 4 is 5.97 Å². The predicted octanol–water partition coefficient (Wildman–Crippen LogP) is 1.49. The lowest BCUT2D eigenvalue weighted by Gasteiger charge is -2.11. The average Bonchev–Trinajstić information content (AvgIpc) is 2.34. The van der Waals surface area contributed by atoms with Gasteiger partial charge in [0.1, 0.15) is 11.6 Å². The molecule has 1 rings (SSSR count). The Balaban J connectivity index is 2.71. The number of hydrogen-bond donors (Lipinski definition) is 1. The minimum atomic E-state index is -0.469. The zero-order valence-electron chi connectivity index (χ0n) is 9.96. The van der Waals surface area contributed by atoms with Crippen molar-refractivity contribution in [3.63, 3.8) is 0 Å². The van der Waals surface area contributed by atoms with Gasteiger partial charge in [-0.15, -0.1) is 0 Å². The molecular formula is C12H16FNO3. The normalized spacial score (nSPS) is 10.1. The van der Waals surface area contributed by atoms with Gasteiger partial charge in [-0.05, 0) is 24.7 Å². The van der Waals surface area contributed by atoms with Gasteiger partial charge in [0, 0.05) is 12.1 Å². The number of ether oxygens (including phenoxy) is 2. The van der Waals surface area contributed by atoms with E-state index in [0.717, 1.165) is 6.54 Å². The smallest absolute Gasteiger partial charge is 0.343 e. The molecule has 0 bridgehead atoms. The van der Waals surface area contributed by atoms with E-state index in [4.69, 9.17) is 4.74 Å². The van der Waals surface area contributed by atoms with Crippen molar-refractivity contribution in [2.75, 3.05) is 20.3 Å². The Hall–Kier alpha value is -1.62. The van der Waals surface area contributed by atoms with E-state index in [1.54, 1.807) is 0 Å². The van der Waals surface area contributed by atoms with Gasteiger partial charge in [0.25, 0.3) is 0 Å². The van der Waals surface area contributed by atoms with Crippen molar-refractivity contribution in [3.05, 3.63) is 29.6 Å². The molecule has 0 unspecified atom stereocenters. The van der Waals surface area contributed by atoms with E-state index in [0.29, 0.717) is 17.9 Å². The van der Waals surface area contributed by atoms with Gasteiger partial charge >= 0.3 is 5.97 Å². The van der Waals surface area contributed by atoms with E-state index in [1.807, 2.05) is 6.92 Å². The fourth-order valence-corrected chi connectivity index (χ4v) is 1.28. The van der Waals surface area contributed by atoms with Crippen LogP contribution in [0.15, 0.2) is 18.2 Å². The number of carbonyl (C=O) groups excluding carboxylic acids is 1. The summed E-state index contributed by atoms with van der Waals surface area (Å²) in [4.78, 5) is 10.9. The molecule has 5 heteroatoms. The molecule has 0 aliphatic carbocycles. The van der Waals surface area contributed by atoms with Gasteiger partial charge in [-0.3, -0.25) is 0 Å². The quantitative estimate of drug-likeness (QED) is 0.766. The van der Waals surface area contributed by atoms with Crippen LogP contribution in [0.1, 0.15) is 12.5 Å². The number of nitrogens with one attached hydrogen (secondary N) is 1. The van der Waals surface area contributed by atoms with Gasteiger partial charge in [0.2, 0.25) is 0 Å². The molecule has 1 aromatic carbocycles. The first kappa shape index (κ1) is 13.4. The molecule has 94 valence electrons. The monoisotopic (exact) mass is 241 g/mol. The SMILES string of the molecule is CCNCc1cc(F)ccc1OCC(=O)OC. The molecule has 1 aromatic rings. The molecule has 0 radical (unpaired) electrons. The van der Waals surface area contributed by atoms with Crippen LogP contribution in [-0.2, 0) is 16.1 Å². The summed E-state index contributed by atoms with van der Waals surface area (Å²) in [6.45, 7) is 3.03. The number of carbonyl (C=O) groups is 1. The summed E-state index contributed by atoms with van der Waals surface area (Å²) >= 11 is 0. The molecule has 4 nitrogen and oxygen atoms in total. The Kier molecular flexibility index (Phi) is 5.42. The van der Waals surface area contributed by atoms with Crippen LogP contribution in [0.5, 0.6) is 5.75 Å². The van der Waals surface area contributed by atoms with Crippen molar-refractivity contribution in [3.8, 4) is 5.75 Å². The first-order valence-electron chi connectivity index (χ1n) is 5.36. The first-order valence-corrected chi connectivity index (χ1v) is 5.36. The van der Waals surface area contributed by atoms with Crippen LogP contribution in [-0.4, -0.2) is 26.2 Å². The van der Waals surface area contributed by atoms with Crippen LogP contribution in [0.4, 0.5) is 4.39 Å². The summed E-state index contributed by atoms with van der Waals surface area (Å²) in [5.41, 5.74) is 0.677. The summed E-state index contributed by atoms with van der Waals surface area (Å²) in [5.74, 6) is -0.315. The van der Waals surface area contributed by atoms with Gasteiger partial charge in [-0.25, -0.2) is 9.18 Å². The largest absolute Gasteiger partial charge is 0.482 e. The lowest BCUT2D eigenvalue weighted by molar-refractivity contribution is -0.142. The third-order valence-electron chi connectivity index (χ3n) is 2.16. The maximum atomic E-state index is 13.1. The standard InChI is InChI=1S/C12H16FNO3/c1-3-14-7-9-6-10(13)4-5-11(9)17-8-12(15)16-2/h4-6,14H,3,7-8H2,1-2H3. The predicted molar refractivity (Wildman–Crippen MR) is 61.3 cm³/mol. The molecule has 0 aliphatic heterocycles. The highest BCUT2D eigenvalue weighted by atomic mass is 19.1. The van der Waals surface area contributed by atoms with Gasteiger partial charge in [0.15, 0.2) is 6.61 Å². The number of methoxy groups -OCH3 is 1. The average molecular weight is 241 g/mol. The second kappa shape index (κ2) is 6.85. The molecule has 0 atom stereocenters. The van der Waals surface area contributed by atoms with Gasteiger partial charge in [0.05, 0.1) is 7.11 Å². The fraction of sp³-hybridized carbons (Fsp3) is 0.417. The van der Waals surface area contributed by atoms with E-state index in [-0.39, 0.29) is 12.4 Å².